The standard InChI is InChI=1S/C23H22N4O.2ClH/c28-22(19-15-24-21-8-4-2-6-18(19)21)16-26-11-13-27(14-12-26)23-10-9-17-5-1-3-7-20(17)25-23;;/h1-10,15,24H,11-14,16H2;2*1H. The van der Waals surface area contributed by atoms with Gasteiger partial charge in [0, 0.05) is 54.2 Å². The van der Waals surface area contributed by atoms with Crippen molar-refractivity contribution >= 4 is 58.2 Å². The van der Waals surface area contributed by atoms with E-state index in [9.17, 15) is 4.79 Å². The van der Waals surface area contributed by atoms with Crippen LogP contribution in [-0.2, 0) is 0 Å². The molecule has 5 nitrogen and oxygen atoms in total. The normalized spacial score (nSPS) is 14.3. The van der Waals surface area contributed by atoms with E-state index in [0.29, 0.717) is 6.54 Å². The number of Topliss-reactive ketones (excluding diaryl/α,β-unsaturated/α-hetero) is 1. The number of halogens is 2. The number of nitrogens with one attached hydrogen (secondary N) is 1. The summed E-state index contributed by atoms with van der Waals surface area (Å²) in [5, 5.41) is 2.17. The van der Waals surface area contributed by atoms with Gasteiger partial charge in [-0.2, -0.15) is 0 Å². The molecule has 0 saturated carbocycles. The van der Waals surface area contributed by atoms with E-state index in [2.05, 4.69) is 39.0 Å². The van der Waals surface area contributed by atoms with E-state index in [1.807, 2.05) is 42.6 Å². The van der Waals surface area contributed by atoms with E-state index in [1.54, 1.807) is 0 Å². The fraction of sp³-hybridized carbons (Fsp3) is 0.217. The summed E-state index contributed by atoms with van der Waals surface area (Å²) >= 11 is 0. The average Bonchev–Trinajstić information content (AvgIpc) is 3.18. The highest BCUT2D eigenvalue weighted by molar-refractivity contribution is 6.08. The third kappa shape index (κ3) is 4.29. The van der Waals surface area contributed by atoms with Gasteiger partial charge < -0.3 is 9.88 Å². The summed E-state index contributed by atoms with van der Waals surface area (Å²) in [6, 6.07) is 20.4. The number of piperazine rings is 1. The van der Waals surface area contributed by atoms with Crippen LogP contribution in [0.1, 0.15) is 10.4 Å². The van der Waals surface area contributed by atoms with E-state index in [-0.39, 0.29) is 30.6 Å². The number of carbonyl (C=O) groups excluding carboxylic acids is 1. The lowest BCUT2D eigenvalue weighted by Gasteiger charge is -2.35. The molecule has 0 unspecified atom stereocenters. The Hall–Kier alpha value is -2.60. The lowest BCUT2D eigenvalue weighted by Crippen LogP contribution is -2.48. The Kier molecular flexibility index (Phi) is 6.98. The molecule has 1 saturated heterocycles. The molecule has 1 N–H and O–H groups in total. The Morgan fingerprint density at radius 2 is 1.63 bits per heavy atom. The number of carbonyl (C=O) groups is 1. The molecule has 5 rings (SSSR count). The summed E-state index contributed by atoms with van der Waals surface area (Å²) in [5.74, 6) is 1.19. The van der Waals surface area contributed by atoms with Crippen molar-refractivity contribution in [1.29, 1.82) is 0 Å². The van der Waals surface area contributed by atoms with Crippen molar-refractivity contribution in [2.45, 2.75) is 0 Å². The third-order valence-electron chi connectivity index (χ3n) is 5.54. The van der Waals surface area contributed by atoms with Crippen LogP contribution in [-0.4, -0.2) is 53.4 Å². The molecule has 0 radical (unpaired) electrons. The molecule has 2 aromatic carbocycles. The molecule has 7 heteroatoms. The average molecular weight is 443 g/mol. The number of pyridine rings is 1. The van der Waals surface area contributed by atoms with E-state index in [1.165, 1.54) is 0 Å². The molecule has 156 valence electrons. The molecule has 1 fully saturated rings. The van der Waals surface area contributed by atoms with Crippen molar-refractivity contribution in [3.63, 3.8) is 0 Å². The molecule has 4 aromatic rings. The molecule has 0 amide bonds. The summed E-state index contributed by atoms with van der Waals surface area (Å²) in [6.07, 6.45) is 1.84. The molecule has 2 aromatic heterocycles. The zero-order valence-corrected chi connectivity index (χ0v) is 18.1. The molecule has 0 atom stereocenters. The minimum absolute atomic E-state index is 0. The monoisotopic (exact) mass is 442 g/mol. The van der Waals surface area contributed by atoms with Gasteiger partial charge in [-0.1, -0.05) is 36.4 Å². The summed E-state index contributed by atoms with van der Waals surface area (Å²) in [7, 11) is 0. The molecule has 1 aliphatic heterocycles. The van der Waals surface area contributed by atoms with Crippen LogP contribution in [0.25, 0.3) is 21.8 Å². The van der Waals surface area contributed by atoms with Crippen molar-refractivity contribution in [3.8, 4) is 0 Å². The number of fused-ring (bicyclic) bond motifs is 2. The number of nitrogens with zero attached hydrogens (tertiary/aromatic N) is 3. The van der Waals surface area contributed by atoms with Gasteiger partial charge >= 0.3 is 0 Å². The molecular weight excluding hydrogens is 419 g/mol. The molecule has 1 aliphatic rings. The van der Waals surface area contributed by atoms with Gasteiger partial charge in [-0.15, -0.1) is 24.8 Å². The second kappa shape index (κ2) is 9.47. The number of ketones is 1. The SMILES string of the molecule is Cl.Cl.O=C(CN1CCN(c2ccc3ccccc3n2)CC1)c1c[nH]c2ccccc12. The van der Waals surface area contributed by atoms with Crippen molar-refractivity contribution in [3.05, 3.63) is 72.4 Å². The summed E-state index contributed by atoms with van der Waals surface area (Å²) < 4.78 is 0. The van der Waals surface area contributed by atoms with Crippen LogP contribution in [0.4, 0.5) is 5.82 Å². The van der Waals surface area contributed by atoms with Gasteiger partial charge in [-0.05, 0) is 24.3 Å². The predicted molar refractivity (Wildman–Crippen MR) is 128 cm³/mol. The first-order valence-corrected chi connectivity index (χ1v) is 9.70. The highest BCUT2D eigenvalue weighted by Gasteiger charge is 2.21. The van der Waals surface area contributed by atoms with Crippen LogP contribution < -0.4 is 4.90 Å². The summed E-state index contributed by atoms with van der Waals surface area (Å²) in [6.45, 7) is 3.95. The van der Waals surface area contributed by atoms with Gasteiger partial charge in [0.05, 0.1) is 12.1 Å². The number of hydrogen-bond donors (Lipinski definition) is 1. The van der Waals surface area contributed by atoms with E-state index in [0.717, 1.165) is 59.4 Å². The third-order valence-corrected chi connectivity index (χ3v) is 5.54. The van der Waals surface area contributed by atoms with Crippen LogP contribution in [0.5, 0.6) is 0 Å². The summed E-state index contributed by atoms with van der Waals surface area (Å²) in [5.41, 5.74) is 2.82. The quantitative estimate of drug-likeness (QED) is 0.470. The molecule has 0 bridgehead atoms. The summed E-state index contributed by atoms with van der Waals surface area (Å²) in [4.78, 5) is 25.3. The van der Waals surface area contributed by atoms with Crippen LogP contribution in [0.15, 0.2) is 66.9 Å². The lowest BCUT2D eigenvalue weighted by atomic mass is 10.1. The topological polar surface area (TPSA) is 52.2 Å². The molecule has 3 heterocycles. The van der Waals surface area contributed by atoms with Crippen molar-refractivity contribution in [1.82, 2.24) is 14.9 Å². The fourth-order valence-corrected chi connectivity index (χ4v) is 3.96. The zero-order valence-electron chi connectivity index (χ0n) is 16.5. The van der Waals surface area contributed by atoms with Gasteiger partial charge in [0.1, 0.15) is 5.82 Å². The van der Waals surface area contributed by atoms with E-state index >= 15 is 0 Å². The smallest absolute Gasteiger partial charge is 0.178 e. The number of H-pyrrole nitrogens is 1. The zero-order chi connectivity index (χ0) is 18.9. The van der Waals surface area contributed by atoms with Crippen molar-refractivity contribution in [2.75, 3.05) is 37.6 Å². The molecule has 0 spiro atoms. The van der Waals surface area contributed by atoms with Crippen LogP contribution in [0, 0.1) is 0 Å². The number of anilines is 1. The maximum absolute atomic E-state index is 12.8. The number of benzene rings is 2. The van der Waals surface area contributed by atoms with Gasteiger partial charge in [-0.3, -0.25) is 9.69 Å². The highest BCUT2D eigenvalue weighted by atomic mass is 35.5. The lowest BCUT2D eigenvalue weighted by molar-refractivity contribution is 0.0928. The fourth-order valence-electron chi connectivity index (χ4n) is 3.96. The number of rotatable bonds is 4. The number of hydrogen-bond acceptors (Lipinski definition) is 4. The maximum atomic E-state index is 12.8. The first kappa shape index (κ1) is 22.1. The van der Waals surface area contributed by atoms with Crippen LogP contribution in [0.2, 0.25) is 0 Å². The Bertz CT molecular complexity index is 1150. The largest absolute Gasteiger partial charge is 0.360 e. The first-order chi connectivity index (χ1) is 13.8. The molecule has 0 aliphatic carbocycles. The number of para-hydroxylation sites is 2. The second-order valence-electron chi connectivity index (χ2n) is 7.30. The predicted octanol–water partition coefficient (Wildman–Crippen LogP) is 4.56. The minimum Gasteiger partial charge on any atom is -0.360 e. The first-order valence-electron chi connectivity index (χ1n) is 9.70. The number of aromatic nitrogens is 2. The van der Waals surface area contributed by atoms with Crippen LogP contribution >= 0.6 is 24.8 Å². The van der Waals surface area contributed by atoms with Crippen molar-refractivity contribution in [2.24, 2.45) is 0 Å². The van der Waals surface area contributed by atoms with Gasteiger partial charge in [-0.25, -0.2) is 4.98 Å². The minimum atomic E-state index is 0. The molecule has 30 heavy (non-hydrogen) atoms. The van der Waals surface area contributed by atoms with Gasteiger partial charge in [0.2, 0.25) is 0 Å². The Morgan fingerprint density at radius 1 is 0.900 bits per heavy atom. The highest BCUT2D eigenvalue weighted by Crippen LogP contribution is 2.21. The Balaban J connectivity index is 0.00000128. The number of aromatic amines is 1. The second-order valence-corrected chi connectivity index (χ2v) is 7.30. The van der Waals surface area contributed by atoms with Crippen LogP contribution in [0.3, 0.4) is 0 Å². The Morgan fingerprint density at radius 3 is 2.47 bits per heavy atom. The molecular formula is C23H24Cl2N4O. The Labute approximate surface area is 187 Å². The van der Waals surface area contributed by atoms with Crippen molar-refractivity contribution < 1.29 is 4.79 Å². The van der Waals surface area contributed by atoms with Gasteiger partial charge in [0.15, 0.2) is 5.78 Å². The maximum Gasteiger partial charge on any atom is 0.178 e. The van der Waals surface area contributed by atoms with E-state index in [4.69, 9.17) is 4.98 Å². The van der Waals surface area contributed by atoms with Gasteiger partial charge in [0.25, 0.3) is 0 Å². The van der Waals surface area contributed by atoms with E-state index < -0.39 is 0 Å².